The number of hydrogen-bond acceptors (Lipinski definition) is 3. The van der Waals surface area contributed by atoms with Crippen molar-refractivity contribution in [2.24, 2.45) is 0 Å². The molecule has 1 aromatic heterocycles. The molecule has 0 atom stereocenters. The minimum Gasteiger partial charge on any atom is -0.375 e. The van der Waals surface area contributed by atoms with Crippen molar-refractivity contribution >= 4 is 32.4 Å². The molecule has 2 N–H and O–H groups in total. The maximum atomic E-state index is 12.8. The van der Waals surface area contributed by atoms with Crippen molar-refractivity contribution in [1.29, 1.82) is 0 Å². The highest BCUT2D eigenvalue weighted by Crippen LogP contribution is 2.34. The van der Waals surface area contributed by atoms with Gasteiger partial charge < -0.3 is 5.73 Å². The fraction of sp³-hybridized carbons (Fsp3) is 0.357. The van der Waals surface area contributed by atoms with Gasteiger partial charge in [-0.1, -0.05) is 29.8 Å². The van der Waals surface area contributed by atoms with Crippen LogP contribution in [0.4, 0.5) is 18.3 Å². The van der Waals surface area contributed by atoms with Gasteiger partial charge in [-0.3, -0.25) is 0 Å². The van der Waals surface area contributed by atoms with Crippen molar-refractivity contribution in [1.82, 2.24) is 4.98 Å². The second kappa shape index (κ2) is 5.96. The molecule has 0 bridgehead atoms. The van der Waals surface area contributed by atoms with Crippen LogP contribution in [-0.2, 0) is 12.6 Å². The Morgan fingerprint density at radius 1 is 1.29 bits per heavy atom. The Morgan fingerprint density at radius 2 is 1.95 bits per heavy atom. The number of rotatable bonds is 3. The number of thiazole rings is 1. The first-order valence-corrected chi connectivity index (χ1v) is 7.89. The Labute approximate surface area is 133 Å². The Bertz CT molecular complexity index is 650. The molecular formula is C14H14BrF3N2S. The van der Waals surface area contributed by atoms with Gasteiger partial charge in [-0.25, -0.2) is 4.98 Å². The molecule has 2 nitrogen and oxygen atoms in total. The lowest BCUT2D eigenvalue weighted by Gasteiger charge is -2.10. The third-order valence-electron chi connectivity index (χ3n) is 2.94. The van der Waals surface area contributed by atoms with Crippen molar-refractivity contribution in [3.05, 3.63) is 44.4 Å². The predicted molar refractivity (Wildman–Crippen MR) is 82.6 cm³/mol. The Kier molecular flexibility index (Phi) is 4.63. The van der Waals surface area contributed by atoms with Gasteiger partial charge in [0.2, 0.25) is 0 Å². The minimum atomic E-state index is -4.36. The van der Waals surface area contributed by atoms with Gasteiger partial charge in [-0.2, -0.15) is 13.2 Å². The number of nitrogen functional groups attached to an aromatic ring is 1. The quantitative estimate of drug-likeness (QED) is 0.794. The molecule has 0 aliphatic carbocycles. The summed E-state index contributed by atoms with van der Waals surface area (Å²) in [4.78, 5) is 5.17. The van der Waals surface area contributed by atoms with E-state index in [1.807, 2.05) is 13.8 Å². The van der Waals surface area contributed by atoms with E-state index in [1.54, 1.807) is 6.07 Å². The number of halogens is 4. The first-order chi connectivity index (χ1) is 9.66. The zero-order valence-corrected chi connectivity index (χ0v) is 13.9. The Balaban J connectivity index is 2.38. The van der Waals surface area contributed by atoms with Crippen LogP contribution in [-0.4, -0.2) is 4.98 Å². The lowest BCUT2D eigenvalue weighted by Crippen LogP contribution is -2.06. The number of aromatic nitrogens is 1. The third kappa shape index (κ3) is 3.97. The second-order valence-electron chi connectivity index (χ2n) is 5.04. The molecule has 1 heterocycles. The van der Waals surface area contributed by atoms with Crippen molar-refractivity contribution in [2.75, 3.05) is 5.73 Å². The van der Waals surface area contributed by atoms with E-state index in [0.717, 1.165) is 16.6 Å². The molecule has 0 saturated heterocycles. The summed E-state index contributed by atoms with van der Waals surface area (Å²) in [7, 11) is 0. The smallest absolute Gasteiger partial charge is 0.375 e. The van der Waals surface area contributed by atoms with Crippen LogP contribution < -0.4 is 5.73 Å². The van der Waals surface area contributed by atoms with Crippen molar-refractivity contribution < 1.29 is 13.2 Å². The number of nitrogens with zero attached hydrogens (tertiary/aromatic N) is 1. The van der Waals surface area contributed by atoms with E-state index >= 15 is 0 Å². The van der Waals surface area contributed by atoms with Gasteiger partial charge in [0.15, 0.2) is 5.13 Å². The van der Waals surface area contributed by atoms with Crippen LogP contribution in [0.3, 0.4) is 0 Å². The summed E-state index contributed by atoms with van der Waals surface area (Å²) >= 11 is 4.46. The first-order valence-electron chi connectivity index (χ1n) is 6.28. The molecule has 114 valence electrons. The molecule has 2 rings (SSSR count). The molecule has 0 amide bonds. The van der Waals surface area contributed by atoms with Gasteiger partial charge in [0.05, 0.1) is 11.3 Å². The van der Waals surface area contributed by atoms with Gasteiger partial charge in [-0.15, -0.1) is 11.3 Å². The maximum Gasteiger partial charge on any atom is 0.416 e. The average Bonchev–Trinajstić information content (AvgIpc) is 2.68. The predicted octanol–water partition coefficient (Wildman–Crippen LogP) is 5.22. The highest BCUT2D eigenvalue weighted by molar-refractivity contribution is 9.10. The molecule has 0 fully saturated rings. The SMILES string of the molecule is CC(C)c1nc(N)sc1Cc1cc(Br)cc(C(F)(F)F)c1. The Hall–Kier alpha value is -1.08. The summed E-state index contributed by atoms with van der Waals surface area (Å²) in [6.45, 7) is 3.97. The van der Waals surface area contributed by atoms with Crippen LogP contribution in [0.25, 0.3) is 0 Å². The monoisotopic (exact) mass is 378 g/mol. The standard InChI is InChI=1S/C14H14BrF3N2S/c1-7(2)12-11(21-13(19)20-12)5-8-3-9(14(16,17)18)6-10(15)4-8/h3-4,6-7H,5H2,1-2H3,(H2,19,20). The van der Waals surface area contributed by atoms with Crippen LogP contribution in [0.5, 0.6) is 0 Å². The molecule has 2 aromatic rings. The Morgan fingerprint density at radius 3 is 2.52 bits per heavy atom. The van der Waals surface area contributed by atoms with Gasteiger partial charge in [0.25, 0.3) is 0 Å². The molecule has 0 aliphatic rings. The lowest BCUT2D eigenvalue weighted by molar-refractivity contribution is -0.137. The molecule has 0 saturated carbocycles. The first kappa shape index (κ1) is 16.3. The summed E-state index contributed by atoms with van der Waals surface area (Å²) in [5.41, 5.74) is 6.50. The molecule has 0 spiro atoms. The zero-order valence-electron chi connectivity index (χ0n) is 11.5. The number of anilines is 1. The van der Waals surface area contributed by atoms with Crippen molar-refractivity contribution in [3.63, 3.8) is 0 Å². The van der Waals surface area contributed by atoms with Crippen molar-refractivity contribution in [3.8, 4) is 0 Å². The topological polar surface area (TPSA) is 38.9 Å². The summed E-state index contributed by atoms with van der Waals surface area (Å²) in [6.07, 6.45) is -3.96. The van der Waals surface area contributed by atoms with Gasteiger partial charge in [0, 0.05) is 15.8 Å². The van der Waals surface area contributed by atoms with E-state index in [4.69, 9.17) is 5.73 Å². The fourth-order valence-electron chi connectivity index (χ4n) is 2.06. The maximum absolute atomic E-state index is 12.8. The van der Waals surface area contributed by atoms with E-state index in [0.29, 0.717) is 21.6 Å². The average molecular weight is 379 g/mol. The fourth-order valence-corrected chi connectivity index (χ4v) is 3.62. The molecule has 0 unspecified atom stereocenters. The van der Waals surface area contributed by atoms with E-state index in [1.165, 1.54) is 17.4 Å². The van der Waals surface area contributed by atoms with Crippen LogP contribution in [0.15, 0.2) is 22.7 Å². The normalized spacial score (nSPS) is 12.1. The van der Waals surface area contributed by atoms with Crippen LogP contribution >= 0.6 is 27.3 Å². The number of benzene rings is 1. The van der Waals surface area contributed by atoms with Gasteiger partial charge in [0.1, 0.15) is 0 Å². The lowest BCUT2D eigenvalue weighted by atomic mass is 10.0. The van der Waals surface area contributed by atoms with Crippen molar-refractivity contribution in [2.45, 2.75) is 32.4 Å². The summed E-state index contributed by atoms with van der Waals surface area (Å²) < 4.78 is 39.0. The van der Waals surface area contributed by atoms with Crippen LogP contribution in [0, 0.1) is 0 Å². The number of nitrogens with two attached hydrogens (primary N) is 1. The number of alkyl halides is 3. The van der Waals surface area contributed by atoms with E-state index in [-0.39, 0.29) is 5.92 Å². The molecule has 1 aromatic carbocycles. The zero-order chi connectivity index (χ0) is 15.8. The molecular weight excluding hydrogens is 365 g/mol. The summed E-state index contributed by atoms with van der Waals surface area (Å²) in [5, 5.41) is 0.444. The van der Waals surface area contributed by atoms with E-state index in [2.05, 4.69) is 20.9 Å². The van der Waals surface area contributed by atoms with E-state index in [9.17, 15) is 13.2 Å². The van der Waals surface area contributed by atoms with E-state index < -0.39 is 11.7 Å². The molecule has 21 heavy (non-hydrogen) atoms. The van der Waals surface area contributed by atoms with Crippen LogP contribution in [0.1, 0.15) is 41.5 Å². The minimum absolute atomic E-state index is 0.183. The highest BCUT2D eigenvalue weighted by atomic mass is 79.9. The number of hydrogen-bond donors (Lipinski definition) is 1. The molecule has 0 aliphatic heterocycles. The van der Waals surface area contributed by atoms with Gasteiger partial charge in [-0.05, 0) is 29.7 Å². The van der Waals surface area contributed by atoms with Gasteiger partial charge >= 0.3 is 6.18 Å². The largest absolute Gasteiger partial charge is 0.416 e. The third-order valence-corrected chi connectivity index (χ3v) is 4.30. The van der Waals surface area contributed by atoms with Crippen LogP contribution in [0.2, 0.25) is 0 Å². The molecule has 0 radical (unpaired) electrons. The molecule has 7 heteroatoms. The summed E-state index contributed by atoms with van der Waals surface area (Å²) in [5.74, 6) is 0.183. The summed E-state index contributed by atoms with van der Waals surface area (Å²) in [6, 6.07) is 3.94. The second-order valence-corrected chi connectivity index (χ2v) is 7.07. The highest BCUT2D eigenvalue weighted by Gasteiger charge is 2.31.